The van der Waals surface area contributed by atoms with Crippen LogP contribution in [0.1, 0.15) is 43.2 Å². The van der Waals surface area contributed by atoms with Gasteiger partial charge in [0, 0.05) is 11.8 Å². The van der Waals surface area contributed by atoms with E-state index in [1.807, 2.05) is 42.5 Å². The highest BCUT2D eigenvalue weighted by atomic mass is 16.4. The summed E-state index contributed by atoms with van der Waals surface area (Å²) in [6.45, 7) is 0. The van der Waals surface area contributed by atoms with Gasteiger partial charge >= 0.3 is 5.97 Å². The predicted molar refractivity (Wildman–Crippen MR) is 133 cm³/mol. The van der Waals surface area contributed by atoms with E-state index < -0.39 is 11.4 Å². The van der Waals surface area contributed by atoms with Crippen molar-refractivity contribution in [2.75, 3.05) is 5.32 Å². The monoisotopic (exact) mass is 439 g/mol. The van der Waals surface area contributed by atoms with Gasteiger partial charge in [-0.2, -0.15) is 0 Å². The minimum atomic E-state index is -0.998. The topological polar surface area (TPSA) is 66.4 Å². The maximum Gasteiger partial charge on any atom is 0.328 e. The highest BCUT2D eigenvalue weighted by Crippen LogP contribution is 2.42. The first-order valence-corrected chi connectivity index (χ1v) is 11.5. The Kier molecular flexibility index (Phi) is 7.04. The van der Waals surface area contributed by atoms with E-state index in [2.05, 4.69) is 41.7 Å². The Morgan fingerprint density at radius 3 is 2.36 bits per heavy atom. The number of amides is 1. The smallest absolute Gasteiger partial charge is 0.328 e. The fraction of sp³-hybridized carbons (Fsp3) is 0.241. The second-order valence-electron chi connectivity index (χ2n) is 8.79. The molecule has 1 aliphatic rings. The second-order valence-corrected chi connectivity index (χ2v) is 8.79. The van der Waals surface area contributed by atoms with E-state index in [9.17, 15) is 9.59 Å². The zero-order chi connectivity index (χ0) is 23.1. The molecule has 0 saturated heterocycles. The summed E-state index contributed by atoms with van der Waals surface area (Å²) in [5, 5.41) is 12.0. The number of hydrogen-bond donors (Lipinski definition) is 2. The normalized spacial score (nSPS) is 15.3. The van der Waals surface area contributed by atoms with Crippen LogP contribution < -0.4 is 5.32 Å². The molecule has 168 valence electrons. The lowest BCUT2D eigenvalue weighted by molar-refractivity contribution is -0.131. The number of carbonyl (C=O) groups excluding carboxylic acids is 1. The Balaban J connectivity index is 1.61. The Hall–Kier alpha value is -3.66. The summed E-state index contributed by atoms with van der Waals surface area (Å²) in [5.41, 5.74) is 4.50. The summed E-state index contributed by atoms with van der Waals surface area (Å²) in [7, 11) is 0. The molecule has 4 heteroatoms. The predicted octanol–water partition coefficient (Wildman–Crippen LogP) is 6.58. The number of benzene rings is 3. The molecule has 3 aromatic carbocycles. The van der Waals surface area contributed by atoms with Gasteiger partial charge in [-0.05, 0) is 59.7 Å². The van der Waals surface area contributed by atoms with Crippen molar-refractivity contribution in [3.63, 3.8) is 0 Å². The van der Waals surface area contributed by atoms with Crippen LogP contribution in [0.15, 0.2) is 84.9 Å². The first kappa shape index (κ1) is 22.5. The number of carbonyl (C=O) groups is 2. The van der Waals surface area contributed by atoms with Gasteiger partial charge in [0.1, 0.15) is 0 Å². The van der Waals surface area contributed by atoms with Gasteiger partial charge in [0.15, 0.2) is 0 Å². The molecule has 0 aromatic heterocycles. The summed E-state index contributed by atoms with van der Waals surface area (Å²) in [6.07, 6.45) is 8.30. The van der Waals surface area contributed by atoms with Crippen molar-refractivity contribution < 1.29 is 14.7 Å². The summed E-state index contributed by atoms with van der Waals surface area (Å²) in [6, 6.07) is 26.0. The molecule has 0 heterocycles. The Bertz CT molecular complexity index is 1140. The van der Waals surface area contributed by atoms with E-state index in [0.717, 1.165) is 49.3 Å². The van der Waals surface area contributed by atoms with Crippen molar-refractivity contribution in [1.82, 2.24) is 0 Å². The van der Waals surface area contributed by atoms with Crippen molar-refractivity contribution in [1.29, 1.82) is 0 Å². The summed E-state index contributed by atoms with van der Waals surface area (Å²) in [4.78, 5) is 24.5. The van der Waals surface area contributed by atoms with E-state index in [1.54, 1.807) is 0 Å². The summed E-state index contributed by atoms with van der Waals surface area (Å²) >= 11 is 0. The van der Waals surface area contributed by atoms with Gasteiger partial charge in [-0.15, -0.1) is 0 Å². The molecule has 1 amide bonds. The third-order valence-corrected chi connectivity index (χ3v) is 6.49. The van der Waals surface area contributed by atoms with Crippen molar-refractivity contribution in [2.24, 2.45) is 5.41 Å². The molecule has 0 radical (unpaired) electrons. The third-order valence-electron chi connectivity index (χ3n) is 6.49. The summed E-state index contributed by atoms with van der Waals surface area (Å²) in [5.74, 6) is -0.952. The quantitative estimate of drug-likeness (QED) is 0.409. The Labute approximate surface area is 195 Å². The van der Waals surface area contributed by atoms with Crippen molar-refractivity contribution in [2.45, 2.75) is 38.5 Å². The van der Waals surface area contributed by atoms with Gasteiger partial charge in [-0.3, -0.25) is 4.79 Å². The van der Waals surface area contributed by atoms with Crippen LogP contribution in [0, 0.1) is 5.41 Å². The minimum absolute atomic E-state index is 0.0458. The van der Waals surface area contributed by atoms with Crippen LogP contribution in [0.5, 0.6) is 0 Å². The highest BCUT2D eigenvalue weighted by molar-refractivity contribution is 5.96. The lowest BCUT2D eigenvalue weighted by Gasteiger charge is -2.36. The largest absolute Gasteiger partial charge is 0.478 e. The molecule has 0 unspecified atom stereocenters. The van der Waals surface area contributed by atoms with Gasteiger partial charge in [0.05, 0.1) is 5.41 Å². The number of carboxylic acids is 1. The third kappa shape index (κ3) is 5.58. The fourth-order valence-corrected chi connectivity index (χ4v) is 4.80. The van der Waals surface area contributed by atoms with Crippen molar-refractivity contribution in [3.05, 3.63) is 96.1 Å². The second kappa shape index (κ2) is 10.3. The van der Waals surface area contributed by atoms with E-state index >= 15 is 0 Å². The molecular formula is C29H29NO3. The lowest BCUT2D eigenvalue weighted by atomic mass is 9.69. The molecule has 3 aromatic rings. The molecular weight excluding hydrogens is 410 g/mol. The van der Waals surface area contributed by atoms with E-state index in [1.165, 1.54) is 17.2 Å². The zero-order valence-electron chi connectivity index (χ0n) is 18.7. The van der Waals surface area contributed by atoms with Crippen LogP contribution in [0.25, 0.3) is 17.2 Å². The first-order chi connectivity index (χ1) is 16.1. The van der Waals surface area contributed by atoms with E-state index in [0.29, 0.717) is 12.1 Å². The molecule has 0 atom stereocenters. The van der Waals surface area contributed by atoms with Crippen molar-refractivity contribution >= 4 is 23.6 Å². The average molecular weight is 440 g/mol. The summed E-state index contributed by atoms with van der Waals surface area (Å²) < 4.78 is 0. The van der Waals surface area contributed by atoms with Crippen LogP contribution in [-0.2, 0) is 16.0 Å². The SMILES string of the molecule is O=C(O)/C=C/c1cccc(NC(=O)C2(Cc3ccccc3-c3ccccc3)CCCCC2)c1. The van der Waals surface area contributed by atoms with Crippen molar-refractivity contribution in [3.8, 4) is 11.1 Å². The maximum absolute atomic E-state index is 13.7. The van der Waals surface area contributed by atoms with Crippen LogP contribution in [0.3, 0.4) is 0 Å². The molecule has 1 aliphatic carbocycles. The van der Waals surface area contributed by atoms with Crippen LogP contribution >= 0.6 is 0 Å². The molecule has 0 bridgehead atoms. The molecule has 2 N–H and O–H groups in total. The van der Waals surface area contributed by atoms with E-state index in [4.69, 9.17) is 5.11 Å². The van der Waals surface area contributed by atoms with Crippen LogP contribution in [-0.4, -0.2) is 17.0 Å². The number of nitrogens with one attached hydrogen (secondary N) is 1. The minimum Gasteiger partial charge on any atom is -0.478 e. The molecule has 33 heavy (non-hydrogen) atoms. The Morgan fingerprint density at radius 1 is 0.879 bits per heavy atom. The Morgan fingerprint density at radius 2 is 1.61 bits per heavy atom. The first-order valence-electron chi connectivity index (χ1n) is 11.5. The van der Waals surface area contributed by atoms with Gasteiger partial charge in [0.25, 0.3) is 0 Å². The molecule has 4 nitrogen and oxygen atoms in total. The molecule has 1 fully saturated rings. The standard InChI is InChI=1S/C29H29NO3/c31-27(32)17-16-22-10-9-14-25(20-22)30-28(33)29(18-7-2-8-19-29)21-24-13-5-6-15-26(24)23-11-3-1-4-12-23/h1,3-6,9-17,20H,2,7-8,18-19,21H2,(H,30,33)(H,31,32)/b17-16+. The number of carboxylic acid groups (broad SMARTS) is 1. The number of anilines is 1. The van der Waals surface area contributed by atoms with Gasteiger partial charge in [0.2, 0.25) is 5.91 Å². The fourth-order valence-electron chi connectivity index (χ4n) is 4.80. The van der Waals surface area contributed by atoms with E-state index in [-0.39, 0.29) is 5.91 Å². The lowest BCUT2D eigenvalue weighted by Crippen LogP contribution is -2.40. The van der Waals surface area contributed by atoms with Gasteiger partial charge in [-0.25, -0.2) is 4.79 Å². The molecule has 4 rings (SSSR count). The molecule has 0 aliphatic heterocycles. The number of hydrogen-bond acceptors (Lipinski definition) is 2. The van der Waals surface area contributed by atoms with Gasteiger partial charge in [-0.1, -0.05) is 86.0 Å². The number of rotatable bonds is 7. The molecule has 1 saturated carbocycles. The van der Waals surface area contributed by atoms with Crippen LogP contribution in [0.2, 0.25) is 0 Å². The highest BCUT2D eigenvalue weighted by Gasteiger charge is 2.40. The maximum atomic E-state index is 13.7. The number of aliphatic carboxylic acids is 1. The van der Waals surface area contributed by atoms with Gasteiger partial charge < -0.3 is 10.4 Å². The zero-order valence-corrected chi connectivity index (χ0v) is 18.7. The van der Waals surface area contributed by atoms with Crippen LogP contribution in [0.4, 0.5) is 5.69 Å². The molecule has 0 spiro atoms. The average Bonchev–Trinajstić information content (AvgIpc) is 2.84.